The van der Waals surface area contributed by atoms with Crippen LogP contribution in [0, 0.1) is 17.8 Å². The molecule has 238 valence electrons. The van der Waals surface area contributed by atoms with Crippen LogP contribution in [-0.2, 0) is 28.7 Å². The topological polar surface area (TPSA) is 125 Å². The van der Waals surface area contributed by atoms with E-state index in [0.29, 0.717) is 10.9 Å². The summed E-state index contributed by atoms with van der Waals surface area (Å²) in [5.74, 6) is -3.72. The van der Waals surface area contributed by atoms with Crippen LogP contribution in [0.2, 0.25) is 0 Å². The normalized spacial score (nSPS) is 32.8. The number of carbonyl (C=O) groups is 4. The third-order valence-electron chi connectivity index (χ3n) is 9.19. The van der Waals surface area contributed by atoms with Crippen molar-refractivity contribution in [3.05, 3.63) is 58.6 Å². The molecule has 2 N–H and O–H groups in total. The van der Waals surface area contributed by atoms with Gasteiger partial charge in [0, 0.05) is 23.0 Å². The summed E-state index contributed by atoms with van der Waals surface area (Å²) in [4.78, 5) is 59.3. The van der Waals surface area contributed by atoms with Crippen molar-refractivity contribution in [1.82, 2.24) is 15.1 Å². The fourth-order valence-corrected chi connectivity index (χ4v) is 7.71. The Morgan fingerprint density at radius 3 is 2.43 bits per heavy atom. The fraction of sp³-hybridized carbons (Fsp3) is 0.576. The first-order valence-electron chi connectivity index (χ1n) is 15.3. The van der Waals surface area contributed by atoms with Crippen LogP contribution in [0.4, 0.5) is 0 Å². The maximum Gasteiger partial charge on any atom is 0.306 e. The van der Waals surface area contributed by atoms with E-state index in [1.807, 2.05) is 77.1 Å². The van der Waals surface area contributed by atoms with E-state index in [0.717, 1.165) is 5.56 Å². The van der Waals surface area contributed by atoms with Gasteiger partial charge in [-0.05, 0) is 44.7 Å². The smallest absolute Gasteiger partial charge is 0.306 e. The van der Waals surface area contributed by atoms with Gasteiger partial charge in [-0.1, -0.05) is 72.3 Å². The average molecular weight is 673 g/mol. The minimum Gasteiger partial charge on any atom is -0.463 e. The molecule has 2 saturated heterocycles. The second-order valence-corrected chi connectivity index (χ2v) is 14.3. The molecular formula is C33H42BrN3O7. The third kappa shape index (κ3) is 5.63. The molecule has 5 rings (SSSR count). The van der Waals surface area contributed by atoms with Crippen molar-refractivity contribution in [2.75, 3.05) is 19.8 Å². The number of likely N-dealkylation sites (tertiary alicyclic amines) is 1. The Morgan fingerprint density at radius 2 is 1.80 bits per heavy atom. The maximum atomic E-state index is 14.8. The Morgan fingerprint density at radius 1 is 1.09 bits per heavy atom. The van der Waals surface area contributed by atoms with Crippen molar-refractivity contribution in [2.24, 2.45) is 17.8 Å². The van der Waals surface area contributed by atoms with Crippen LogP contribution in [0.25, 0.3) is 0 Å². The first kappa shape index (κ1) is 32.4. The van der Waals surface area contributed by atoms with Crippen LogP contribution < -0.4 is 5.32 Å². The molecule has 1 aromatic rings. The molecule has 3 amide bonds. The Hall–Kier alpha value is -3.02. The van der Waals surface area contributed by atoms with Gasteiger partial charge in [0.15, 0.2) is 0 Å². The number of hydrogen-bond acceptors (Lipinski definition) is 7. The summed E-state index contributed by atoms with van der Waals surface area (Å²) >= 11 is 3.59. The van der Waals surface area contributed by atoms with Crippen LogP contribution in [-0.4, -0.2) is 87.7 Å². The predicted molar refractivity (Wildman–Crippen MR) is 166 cm³/mol. The van der Waals surface area contributed by atoms with Crippen LogP contribution in [0.1, 0.15) is 59.1 Å². The minimum absolute atomic E-state index is 0.0811. The molecule has 0 radical (unpaired) electrons. The van der Waals surface area contributed by atoms with Crippen LogP contribution in [0.15, 0.2) is 53.0 Å². The van der Waals surface area contributed by atoms with Crippen molar-refractivity contribution < 1.29 is 33.8 Å². The number of nitrogens with zero attached hydrogens (tertiary/aromatic N) is 2. The molecular weight excluding hydrogens is 630 g/mol. The van der Waals surface area contributed by atoms with Gasteiger partial charge in [0.2, 0.25) is 17.7 Å². The monoisotopic (exact) mass is 671 g/mol. The number of fused-ring (bicyclic) bond motifs is 2. The molecule has 0 unspecified atom stereocenters. The highest BCUT2D eigenvalue weighted by molar-refractivity contribution is 9.11. The standard InChI is InChI=1S/C33H42BrN3O7/c1-19(2)23(17-38)37-28-31(42)36(32(3,4)5)15-11-7-10-14-24(39)43-18-22(20-12-8-6-9-13-20)35-29(40)25-26(30(37)41)33(28)16-21(34)27(25)44-33/h6-9,11-13,16,19,22-23,25-28,38H,10,14-15,17-18H2,1-5H3,(H,35,40)/b11-7-/t22-,23-,25-,26+,27-,28-,33+/m0/s1. The van der Waals surface area contributed by atoms with Gasteiger partial charge in [-0.15, -0.1) is 0 Å². The Labute approximate surface area is 266 Å². The molecule has 0 aromatic heterocycles. The summed E-state index contributed by atoms with van der Waals surface area (Å²) in [6, 6.07) is 6.76. The summed E-state index contributed by atoms with van der Waals surface area (Å²) in [7, 11) is 0. The number of benzene rings is 1. The second-order valence-electron chi connectivity index (χ2n) is 13.4. The zero-order valence-corrected chi connectivity index (χ0v) is 27.5. The molecule has 4 aliphatic heterocycles. The van der Waals surface area contributed by atoms with E-state index >= 15 is 0 Å². The van der Waals surface area contributed by atoms with Crippen molar-refractivity contribution in [2.45, 2.75) is 82.8 Å². The number of nitrogens with one attached hydrogen (secondary N) is 1. The van der Waals surface area contributed by atoms with E-state index in [1.54, 1.807) is 11.0 Å². The summed E-state index contributed by atoms with van der Waals surface area (Å²) in [6.45, 7) is 9.34. The van der Waals surface area contributed by atoms with Crippen LogP contribution in [0.5, 0.6) is 0 Å². The van der Waals surface area contributed by atoms with Gasteiger partial charge < -0.3 is 29.7 Å². The zero-order chi connectivity index (χ0) is 32.0. The molecule has 10 nitrogen and oxygen atoms in total. The first-order valence-corrected chi connectivity index (χ1v) is 16.1. The second kappa shape index (κ2) is 12.4. The van der Waals surface area contributed by atoms with Gasteiger partial charge in [-0.2, -0.15) is 0 Å². The summed E-state index contributed by atoms with van der Waals surface area (Å²) < 4.78 is 12.8. The zero-order valence-electron chi connectivity index (χ0n) is 25.9. The average Bonchev–Trinajstić information content (AvgIpc) is 3.55. The number of halogens is 1. The van der Waals surface area contributed by atoms with Crippen molar-refractivity contribution in [3.8, 4) is 0 Å². The number of aliphatic hydroxyl groups excluding tert-OH is 1. The Balaban J connectivity index is 1.64. The molecule has 4 heterocycles. The third-order valence-corrected chi connectivity index (χ3v) is 9.87. The Bertz CT molecular complexity index is 1360. The van der Waals surface area contributed by atoms with E-state index in [9.17, 15) is 24.3 Å². The molecule has 2 fully saturated rings. The fourth-order valence-electron chi connectivity index (χ4n) is 6.98. The number of aliphatic hydroxyl groups is 1. The van der Waals surface area contributed by atoms with Crippen molar-refractivity contribution in [1.29, 1.82) is 0 Å². The largest absolute Gasteiger partial charge is 0.463 e. The minimum atomic E-state index is -1.42. The quantitative estimate of drug-likeness (QED) is 0.372. The lowest BCUT2D eigenvalue weighted by molar-refractivity contribution is -0.154. The van der Waals surface area contributed by atoms with Gasteiger partial charge in [0.1, 0.15) is 24.4 Å². The molecule has 1 spiro atoms. The predicted octanol–water partition coefficient (Wildman–Crippen LogP) is 3.25. The van der Waals surface area contributed by atoms with E-state index < -0.39 is 65.0 Å². The first-order chi connectivity index (χ1) is 20.8. The van der Waals surface area contributed by atoms with E-state index in [1.165, 1.54) is 4.90 Å². The lowest BCUT2D eigenvalue weighted by atomic mass is 9.73. The number of hydrogen-bond donors (Lipinski definition) is 2. The summed E-state index contributed by atoms with van der Waals surface area (Å²) in [5, 5.41) is 13.6. The molecule has 11 heteroatoms. The van der Waals surface area contributed by atoms with Gasteiger partial charge in [-0.3, -0.25) is 19.2 Å². The Kier molecular flexibility index (Phi) is 9.13. The molecule has 0 aliphatic carbocycles. The number of ether oxygens (including phenoxy) is 2. The number of carbonyl (C=O) groups excluding carboxylic acids is 4. The van der Waals surface area contributed by atoms with Gasteiger partial charge in [0.25, 0.3) is 0 Å². The molecule has 4 aliphatic rings. The number of allylic oxidation sites excluding steroid dienone is 1. The number of amides is 3. The van der Waals surface area contributed by atoms with Crippen LogP contribution in [0.3, 0.4) is 0 Å². The van der Waals surface area contributed by atoms with Crippen molar-refractivity contribution in [3.63, 3.8) is 0 Å². The van der Waals surface area contributed by atoms with E-state index in [2.05, 4.69) is 21.2 Å². The van der Waals surface area contributed by atoms with Gasteiger partial charge >= 0.3 is 5.97 Å². The van der Waals surface area contributed by atoms with Gasteiger partial charge in [-0.25, -0.2) is 0 Å². The van der Waals surface area contributed by atoms with Gasteiger partial charge in [0.05, 0.1) is 30.5 Å². The highest BCUT2D eigenvalue weighted by Gasteiger charge is 2.75. The van der Waals surface area contributed by atoms with Crippen molar-refractivity contribution >= 4 is 39.6 Å². The summed E-state index contributed by atoms with van der Waals surface area (Å²) in [5.41, 5.74) is -1.32. The molecule has 1 aromatic carbocycles. The lowest BCUT2D eigenvalue weighted by Crippen LogP contribution is -2.62. The SMILES string of the molecule is CC(C)[C@H](CO)N1C(=O)[C@H]2[C@@H]3C(=O)N[C@H](c4ccccc4)COC(=O)CC/C=C\CN(C(C)(C)C)C(=O)[C@H]1[C@@]21C=C(Br)[C@@H]3O1. The number of cyclic esters (lactones) is 1. The molecule has 0 saturated carbocycles. The van der Waals surface area contributed by atoms with E-state index in [-0.39, 0.29) is 38.0 Å². The van der Waals surface area contributed by atoms with Crippen LogP contribution >= 0.6 is 15.9 Å². The summed E-state index contributed by atoms with van der Waals surface area (Å²) in [6.07, 6.45) is 5.24. The highest BCUT2D eigenvalue weighted by Crippen LogP contribution is 2.59. The number of rotatable bonds is 4. The lowest BCUT2D eigenvalue weighted by Gasteiger charge is -2.43. The maximum absolute atomic E-state index is 14.8. The number of esters is 1. The molecule has 7 atom stereocenters. The van der Waals surface area contributed by atoms with E-state index in [4.69, 9.17) is 9.47 Å². The molecule has 5 bridgehead atoms. The molecule has 44 heavy (non-hydrogen) atoms. The highest BCUT2D eigenvalue weighted by atomic mass is 79.9.